The summed E-state index contributed by atoms with van der Waals surface area (Å²) in [6.45, 7) is 1.61. The Morgan fingerprint density at radius 2 is 0.571 bits per heavy atom. The Morgan fingerprint density at radius 3 is 0.924 bits per heavy atom. The third-order valence-electron chi connectivity index (χ3n) is 19.0. The molecule has 0 radical (unpaired) electrons. The van der Waals surface area contributed by atoms with Crippen molar-refractivity contribution < 1.29 is 43.2 Å². The summed E-state index contributed by atoms with van der Waals surface area (Å²) in [6, 6.07) is 28.1. The quantitative estimate of drug-likeness (QED) is 0.0243. The summed E-state index contributed by atoms with van der Waals surface area (Å²) in [5, 5.41) is 25.5. The van der Waals surface area contributed by atoms with Crippen LogP contribution in [-0.4, -0.2) is 155 Å². The van der Waals surface area contributed by atoms with E-state index in [1.165, 1.54) is 0 Å². The van der Waals surface area contributed by atoms with Crippen molar-refractivity contribution in [2.45, 2.75) is 176 Å². The molecular weight excluding hydrogens is 1330 g/mol. The first kappa shape index (κ1) is 80.4. The van der Waals surface area contributed by atoms with Crippen molar-refractivity contribution >= 4 is 85.9 Å². The Bertz CT molecular complexity index is 4120. The molecule has 3 heterocycles. The molecule has 0 fully saturated rings. The van der Waals surface area contributed by atoms with Gasteiger partial charge in [-0.2, -0.15) is 0 Å². The van der Waals surface area contributed by atoms with E-state index in [0.717, 1.165) is 43.8 Å². The highest BCUT2D eigenvalue weighted by atomic mass is 16.2. The van der Waals surface area contributed by atoms with E-state index in [1.807, 2.05) is 127 Å². The van der Waals surface area contributed by atoms with Crippen molar-refractivity contribution in [1.82, 2.24) is 57.5 Å². The van der Waals surface area contributed by atoms with Gasteiger partial charge in [0.15, 0.2) is 0 Å². The number of primary amides is 1. The van der Waals surface area contributed by atoms with E-state index >= 15 is 24.0 Å². The number of aromatic nitrogens is 3. The predicted octanol–water partition coefficient (Wildman–Crippen LogP) is 3.40. The molecular formula is C78H106N18O9. The lowest BCUT2D eigenvalue weighted by Gasteiger charge is -2.28. The number of nitrogens with one attached hydrogen (secondary N) is 11. The van der Waals surface area contributed by atoms with Gasteiger partial charge in [-0.3, -0.25) is 43.2 Å². The summed E-state index contributed by atoms with van der Waals surface area (Å²) in [4.78, 5) is 142. The molecule has 9 amide bonds. The normalized spacial score (nSPS) is 14.0. The van der Waals surface area contributed by atoms with Crippen molar-refractivity contribution in [2.75, 3.05) is 32.7 Å². The van der Waals surface area contributed by atoms with Crippen molar-refractivity contribution in [2.24, 2.45) is 40.1 Å². The van der Waals surface area contributed by atoms with Gasteiger partial charge >= 0.3 is 0 Å². The van der Waals surface area contributed by atoms with Gasteiger partial charge in [-0.15, -0.1) is 0 Å². The molecule has 105 heavy (non-hydrogen) atoms. The minimum atomic E-state index is -1.41. The molecule has 0 saturated heterocycles. The summed E-state index contributed by atoms with van der Waals surface area (Å²) in [5.41, 5.74) is 48.3. The zero-order valence-corrected chi connectivity index (χ0v) is 59.7. The highest BCUT2D eigenvalue weighted by Gasteiger charge is 2.36. The number of carbonyl (C=O) groups is 9. The number of hydrogen-bond acceptors (Lipinski definition) is 15. The fraction of sp³-hybridized carbons (Fsp3) is 0.423. The Morgan fingerprint density at radius 1 is 0.295 bits per heavy atom. The second kappa shape index (κ2) is 41.9. The minimum absolute atomic E-state index is 0.0284. The van der Waals surface area contributed by atoms with Crippen LogP contribution in [0.5, 0.6) is 0 Å². The number of amides is 9. The summed E-state index contributed by atoms with van der Waals surface area (Å²) in [7, 11) is 0. The zero-order chi connectivity index (χ0) is 75.0. The molecule has 25 N–H and O–H groups in total. The van der Waals surface area contributed by atoms with Crippen LogP contribution in [-0.2, 0) is 68.8 Å². The zero-order valence-electron chi connectivity index (χ0n) is 59.7. The number of aromatic amines is 3. The van der Waals surface area contributed by atoms with Gasteiger partial charge in [0.2, 0.25) is 53.2 Å². The lowest BCUT2D eigenvalue weighted by Crippen LogP contribution is -2.61. The smallest absolute Gasteiger partial charge is 0.243 e. The van der Waals surface area contributed by atoms with Crippen molar-refractivity contribution in [3.8, 4) is 11.1 Å². The standard InChI is InChI=1S/C78H106N18O9/c79-37-15-10-25-58(84)71(98)90-63(30-12-17-39-81)73(100)94-68(44-53-47-87-60-27-8-5-23-56(53)60)77(104)93-66(42-49-33-35-51(36-34-49)50-20-2-1-3-21-50)75(102)92-64(31-13-18-40-82)72(99)91-65(32-14-19-41-83)74(101)95-69(45-54-48-88-61-28-9-6-24-57(54)61)78(105)96-67(43-52-46-86-59-26-7-4-22-55(52)59)76(103)89-62(70(85)97)29-11-16-38-80/h1-9,20-24,26-28,33-36,46-48,58,62-69,86-88H,10-19,25,29-32,37-45,79-84H2,(H2,85,97)(H,89,103)(H,90,98)(H,91,99)(H,92,102)(H,93,104)(H,94,100)(H,95,101)(H,96,105)/t58-,62-,63-,64-,65-,66?,67-,68-,69-/m0/s1. The Hall–Kier alpha value is -10.3. The Labute approximate surface area is 612 Å². The monoisotopic (exact) mass is 1440 g/mol. The van der Waals surface area contributed by atoms with E-state index in [0.29, 0.717) is 113 Å². The summed E-state index contributed by atoms with van der Waals surface area (Å²) < 4.78 is 0. The fourth-order valence-electron chi connectivity index (χ4n) is 13.0. The Balaban J connectivity index is 1.10. The number of hydrogen-bond donors (Lipinski definition) is 18. The van der Waals surface area contributed by atoms with Crippen LogP contribution in [0.2, 0.25) is 0 Å². The number of benzene rings is 5. The highest BCUT2D eigenvalue weighted by Crippen LogP contribution is 2.25. The molecule has 27 nitrogen and oxygen atoms in total. The summed E-state index contributed by atoms with van der Waals surface area (Å²) in [5.74, 6) is -6.52. The second-order valence-corrected chi connectivity index (χ2v) is 26.9. The number of unbranched alkanes of at least 4 members (excludes halogenated alkanes) is 5. The Kier molecular flexibility index (Phi) is 32.1. The molecule has 5 aromatic carbocycles. The molecule has 0 aliphatic rings. The summed E-state index contributed by atoms with van der Waals surface area (Å²) >= 11 is 0. The third kappa shape index (κ3) is 24.1. The van der Waals surface area contributed by atoms with Crippen LogP contribution < -0.4 is 82.7 Å². The van der Waals surface area contributed by atoms with Crippen LogP contribution in [0.25, 0.3) is 43.8 Å². The van der Waals surface area contributed by atoms with Gasteiger partial charge in [-0.25, -0.2) is 0 Å². The van der Waals surface area contributed by atoms with Gasteiger partial charge in [-0.05, 0) is 174 Å². The van der Waals surface area contributed by atoms with Crippen LogP contribution in [0.15, 0.2) is 146 Å². The van der Waals surface area contributed by atoms with Gasteiger partial charge in [0.1, 0.15) is 48.3 Å². The van der Waals surface area contributed by atoms with E-state index in [1.54, 1.807) is 18.6 Å². The molecule has 0 aliphatic carbocycles. The lowest BCUT2D eigenvalue weighted by molar-refractivity contribution is -0.136. The van der Waals surface area contributed by atoms with E-state index < -0.39 is 108 Å². The van der Waals surface area contributed by atoms with Crippen molar-refractivity contribution in [3.05, 3.63) is 168 Å². The SMILES string of the molecule is NCCCC[C@H](NC(=O)[C@H](Cc1c[nH]c2ccccc12)NC(=O)[C@H](Cc1c[nH]c2ccccc12)NC(=O)[C@H](CCCCN)NC(=O)[C@H](CCCCN)NC(=O)C(Cc1ccc(-c2ccccc2)cc1)NC(=O)[C@H](Cc1c[nH]c2ccccc12)NC(=O)[C@H](CCCCN)NC(=O)[C@@H](N)CCCCN)C(N)=O. The first-order chi connectivity index (χ1) is 50.9. The maximum absolute atomic E-state index is 15.4. The van der Waals surface area contributed by atoms with Gasteiger partial charge in [0.05, 0.1) is 6.04 Å². The van der Waals surface area contributed by atoms with E-state index in [-0.39, 0.29) is 64.5 Å². The highest BCUT2D eigenvalue weighted by molar-refractivity contribution is 5.99. The van der Waals surface area contributed by atoms with Gasteiger partial charge in [0.25, 0.3) is 0 Å². The predicted molar refractivity (Wildman–Crippen MR) is 409 cm³/mol. The number of H-pyrrole nitrogens is 3. The summed E-state index contributed by atoms with van der Waals surface area (Å²) in [6.07, 6.45) is 10.5. The molecule has 8 rings (SSSR count). The molecule has 0 spiro atoms. The molecule has 3 aromatic heterocycles. The maximum Gasteiger partial charge on any atom is 0.243 e. The van der Waals surface area contributed by atoms with Gasteiger partial charge < -0.3 is 97.6 Å². The largest absolute Gasteiger partial charge is 0.368 e. The molecule has 27 heteroatoms. The molecule has 0 bridgehead atoms. The molecule has 8 aromatic rings. The van der Waals surface area contributed by atoms with Crippen LogP contribution in [0.4, 0.5) is 0 Å². The third-order valence-corrected chi connectivity index (χ3v) is 19.0. The van der Waals surface area contributed by atoms with Gasteiger partial charge in [0, 0.05) is 77.0 Å². The number of para-hydroxylation sites is 3. The second-order valence-electron chi connectivity index (χ2n) is 26.9. The molecule has 1 unspecified atom stereocenters. The average molecular weight is 1440 g/mol. The first-order valence-electron chi connectivity index (χ1n) is 36.7. The molecule has 562 valence electrons. The number of nitrogens with two attached hydrogens (primary N) is 7. The van der Waals surface area contributed by atoms with E-state index in [4.69, 9.17) is 40.1 Å². The molecule has 0 aliphatic heterocycles. The number of rotatable bonds is 46. The fourth-order valence-corrected chi connectivity index (χ4v) is 13.0. The van der Waals surface area contributed by atoms with Crippen LogP contribution >= 0.6 is 0 Å². The van der Waals surface area contributed by atoms with E-state index in [2.05, 4.69) is 57.5 Å². The lowest BCUT2D eigenvalue weighted by atomic mass is 9.98. The minimum Gasteiger partial charge on any atom is -0.368 e. The van der Waals surface area contributed by atoms with Crippen molar-refractivity contribution in [1.29, 1.82) is 0 Å². The maximum atomic E-state index is 15.4. The van der Waals surface area contributed by atoms with Crippen LogP contribution in [0, 0.1) is 0 Å². The van der Waals surface area contributed by atoms with Crippen LogP contribution in [0.1, 0.15) is 119 Å². The van der Waals surface area contributed by atoms with Crippen molar-refractivity contribution in [3.63, 3.8) is 0 Å². The first-order valence-corrected chi connectivity index (χ1v) is 36.7. The molecule has 0 saturated carbocycles. The number of carbonyl (C=O) groups excluding carboxylic acids is 9. The van der Waals surface area contributed by atoms with Gasteiger partial charge in [-0.1, -0.05) is 116 Å². The number of fused-ring (bicyclic) bond motifs is 3. The van der Waals surface area contributed by atoms with E-state index in [9.17, 15) is 19.2 Å². The topological polar surface area (TPSA) is 479 Å². The van der Waals surface area contributed by atoms with Crippen LogP contribution in [0.3, 0.4) is 0 Å². The molecule has 9 atom stereocenters. The average Bonchev–Trinajstić information content (AvgIpc) is 1.76.